The summed E-state index contributed by atoms with van der Waals surface area (Å²) < 4.78 is 0. The van der Waals surface area contributed by atoms with E-state index in [0.717, 1.165) is 0 Å². The lowest BCUT2D eigenvalue weighted by Crippen LogP contribution is -2.58. The second-order valence-electron chi connectivity index (χ2n) is 8.67. The highest BCUT2D eigenvalue weighted by Gasteiger charge is 2.31. The van der Waals surface area contributed by atoms with Gasteiger partial charge in [-0.2, -0.15) is 0 Å². The van der Waals surface area contributed by atoms with Crippen LogP contribution >= 0.6 is 0 Å². The Labute approximate surface area is 206 Å². The minimum atomic E-state index is -1.42. The van der Waals surface area contributed by atoms with E-state index in [2.05, 4.69) is 16.0 Å². The quantitative estimate of drug-likeness (QED) is 0.0913. The molecule has 0 saturated carbocycles. The Morgan fingerprint density at radius 1 is 0.771 bits per heavy atom. The fraction of sp³-hybridized carbons (Fsp3) is 0.773. The van der Waals surface area contributed by atoms with Crippen LogP contribution in [0.1, 0.15) is 65.2 Å². The van der Waals surface area contributed by atoms with E-state index in [-0.39, 0.29) is 18.8 Å². The number of hydrogen-bond acceptors (Lipinski definition) is 8. The number of amides is 4. The molecule has 0 fully saturated rings. The summed E-state index contributed by atoms with van der Waals surface area (Å²) in [7, 11) is 0. The molecule has 5 unspecified atom stereocenters. The lowest BCUT2D eigenvalue weighted by Gasteiger charge is -2.26. The van der Waals surface area contributed by atoms with E-state index < -0.39 is 60.2 Å². The van der Waals surface area contributed by atoms with Crippen molar-refractivity contribution in [2.24, 2.45) is 28.9 Å². The third-order valence-electron chi connectivity index (χ3n) is 5.74. The zero-order valence-electron chi connectivity index (χ0n) is 20.8. The molecular weight excluding hydrogens is 458 g/mol. The van der Waals surface area contributed by atoms with E-state index in [1.54, 1.807) is 0 Å². The van der Waals surface area contributed by atoms with Crippen molar-refractivity contribution in [2.45, 2.75) is 89.4 Å². The molecule has 12 N–H and O–H groups in total. The van der Waals surface area contributed by atoms with Crippen molar-refractivity contribution in [3.8, 4) is 0 Å². The summed E-state index contributed by atoms with van der Waals surface area (Å²) in [5.74, 6) is -4.37. The summed E-state index contributed by atoms with van der Waals surface area (Å²) in [6.45, 7) is 4.46. The number of carboxylic acids is 1. The van der Waals surface area contributed by atoms with E-state index in [1.807, 2.05) is 13.8 Å². The van der Waals surface area contributed by atoms with Gasteiger partial charge >= 0.3 is 5.97 Å². The molecule has 0 aromatic heterocycles. The molecular formula is C22H43N7O6. The van der Waals surface area contributed by atoms with Gasteiger partial charge in [0.15, 0.2) is 0 Å². The van der Waals surface area contributed by atoms with E-state index in [1.165, 1.54) is 0 Å². The molecule has 13 nitrogen and oxygen atoms in total. The fourth-order valence-corrected chi connectivity index (χ4v) is 3.25. The van der Waals surface area contributed by atoms with Crippen LogP contribution in [0.3, 0.4) is 0 Å². The number of rotatable bonds is 19. The minimum Gasteiger partial charge on any atom is -0.480 e. The van der Waals surface area contributed by atoms with Crippen molar-refractivity contribution in [3.05, 3.63) is 0 Å². The number of unbranched alkanes of at least 4 members (excludes halogenated alkanes) is 2. The van der Waals surface area contributed by atoms with Crippen molar-refractivity contribution < 1.29 is 29.1 Å². The highest BCUT2D eigenvalue weighted by Crippen LogP contribution is 2.08. The Hall–Kier alpha value is -2.77. The van der Waals surface area contributed by atoms with Crippen LogP contribution < -0.4 is 38.9 Å². The second-order valence-corrected chi connectivity index (χ2v) is 8.67. The van der Waals surface area contributed by atoms with Crippen LogP contribution in [0, 0.1) is 5.92 Å². The van der Waals surface area contributed by atoms with Gasteiger partial charge in [0.1, 0.15) is 18.1 Å². The number of nitrogens with two attached hydrogens (primary N) is 4. The van der Waals surface area contributed by atoms with Gasteiger partial charge in [-0.1, -0.05) is 20.3 Å². The molecule has 0 saturated heterocycles. The average Bonchev–Trinajstić information content (AvgIpc) is 2.80. The van der Waals surface area contributed by atoms with E-state index in [9.17, 15) is 29.1 Å². The Kier molecular flexibility index (Phi) is 16.2. The monoisotopic (exact) mass is 501 g/mol. The summed E-state index contributed by atoms with van der Waals surface area (Å²) >= 11 is 0. The molecule has 0 rings (SSSR count). The van der Waals surface area contributed by atoms with Crippen LogP contribution in [0.25, 0.3) is 0 Å². The lowest BCUT2D eigenvalue weighted by molar-refractivity contribution is -0.142. The number of nitrogens with one attached hydrogen (secondary N) is 3. The van der Waals surface area contributed by atoms with E-state index >= 15 is 0 Å². The van der Waals surface area contributed by atoms with E-state index in [4.69, 9.17) is 22.9 Å². The standard InChI is InChI=1S/C22H43N7O6/c1-3-13(2)18(26)21(33)27-14(8-4-6-10-23)19(31)29-16(12-17(25)30)20(32)28-15(22(34)35)9-5-7-11-24/h13-16,18H,3-12,23-24,26H2,1-2H3,(H2,25,30)(H,27,33)(H,28,32)(H,29,31)(H,34,35). The zero-order chi connectivity index (χ0) is 27.0. The van der Waals surface area contributed by atoms with Gasteiger partial charge in [0, 0.05) is 0 Å². The molecule has 0 aliphatic carbocycles. The number of primary amides is 1. The largest absolute Gasteiger partial charge is 0.480 e. The number of carboxylic acid groups (broad SMARTS) is 1. The Morgan fingerprint density at radius 3 is 1.69 bits per heavy atom. The topological polar surface area (TPSA) is 246 Å². The summed E-state index contributed by atoms with van der Waals surface area (Å²) in [4.78, 5) is 61.4. The van der Waals surface area contributed by atoms with Crippen molar-refractivity contribution in [2.75, 3.05) is 13.1 Å². The van der Waals surface area contributed by atoms with Gasteiger partial charge in [-0.15, -0.1) is 0 Å². The first kappa shape index (κ1) is 32.2. The smallest absolute Gasteiger partial charge is 0.326 e. The molecule has 0 aromatic carbocycles. The van der Waals surface area contributed by atoms with Crippen molar-refractivity contribution >= 4 is 29.6 Å². The SMILES string of the molecule is CCC(C)C(N)C(=O)NC(CCCCN)C(=O)NC(CC(N)=O)C(=O)NC(CCCCN)C(=O)O. The first-order chi connectivity index (χ1) is 16.5. The van der Waals surface area contributed by atoms with Gasteiger partial charge in [0.2, 0.25) is 23.6 Å². The third-order valence-corrected chi connectivity index (χ3v) is 5.74. The highest BCUT2D eigenvalue weighted by atomic mass is 16.4. The van der Waals surface area contributed by atoms with Crippen molar-refractivity contribution in [1.29, 1.82) is 0 Å². The van der Waals surface area contributed by atoms with Gasteiger partial charge in [-0.25, -0.2) is 4.79 Å². The van der Waals surface area contributed by atoms with Crippen LogP contribution in [-0.2, 0) is 24.0 Å². The predicted octanol–water partition coefficient (Wildman–Crippen LogP) is -1.97. The molecule has 5 atom stereocenters. The number of aliphatic carboxylic acids is 1. The molecule has 0 spiro atoms. The van der Waals surface area contributed by atoms with Crippen LogP contribution in [0.15, 0.2) is 0 Å². The van der Waals surface area contributed by atoms with Gasteiger partial charge in [-0.3, -0.25) is 19.2 Å². The van der Waals surface area contributed by atoms with Crippen LogP contribution in [-0.4, -0.2) is 72.0 Å². The molecule has 0 heterocycles. The van der Waals surface area contributed by atoms with Crippen molar-refractivity contribution in [1.82, 2.24) is 16.0 Å². The molecule has 202 valence electrons. The highest BCUT2D eigenvalue weighted by molar-refractivity contribution is 5.96. The second kappa shape index (κ2) is 17.6. The minimum absolute atomic E-state index is 0.122. The maximum Gasteiger partial charge on any atom is 0.326 e. The van der Waals surface area contributed by atoms with Gasteiger partial charge in [0.05, 0.1) is 12.5 Å². The zero-order valence-corrected chi connectivity index (χ0v) is 20.8. The molecule has 0 aliphatic rings. The van der Waals surface area contributed by atoms with Crippen molar-refractivity contribution in [3.63, 3.8) is 0 Å². The van der Waals surface area contributed by atoms with Gasteiger partial charge in [0.25, 0.3) is 0 Å². The average molecular weight is 502 g/mol. The molecule has 35 heavy (non-hydrogen) atoms. The fourth-order valence-electron chi connectivity index (χ4n) is 3.25. The first-order valence-electron chi connectivity index (χ1n) is 12.1. The molecule has 0 bridgehead atoms. The molecule has 4 amide bonds. The van der Waals surface area contributed by atoms with Crippen LogP contribution in [0.2, 0.25) is 0 Å². The predicted molar refractivity (Wildman–Crippen MR) is 130 cm³/mol. The Bertz CT molecular complexity index is 706. The van der Waals surface area contributed by atoms with Crippen LogP contribution in [0.5, 0.6) is 0 Å². The lowest BCUT2D eigenvalue weighted by atomic mass is 9.98. The van der Waals surface area contributed by atoms with Gasteiger partial charge in [-0.05, 0) is 57.5 Å². The summed E-state index contributed by atoms with van der Waals surface area (Å²) in [6, 6.07) is -4.52. The van der Waals surface area contributed by atoms with Gasteiger partial charge < -0.3 is 44.0 Å². The maximum atomic E-state index is 13.0. The Balaban J connectivity index is 5.51. The summed E-state index contributed by atoms with van der Waals surface area (Å²) in [5, 5.41) is 16.8. The number of hydrogen-bond donors (Lipinski definition) is 8. The maximum absolute atomic E-state index is 13.0. The third kappa shape index (κ3) is 13.0. The summed E-state index contributed by atoms with van der Waals surface area (Å²) in [6.07, 6.45) is 2.62. The number of carbonyl (C=O) groups is 5. The van der Waals surface area contributed by atoms with Crippen LogP contribution in [0.4, 0.5) is 0 Å². The normalized spacial score (nSPS) is 15.2. The number of carbonyl (C=O) groups excluding carboxylic acids is 4. The Morgan fingerprint density at radius 2 is 1.23 bits per heavy atom. The summed E-state index contributed by atoms with van der Waals surface area (Å²) in [5.41, 5.74) is 22.2. The molecule has 13 heteroatoms. The molecule has 0 aromatic rings. The molecule has 0 aliphatic heterocycles. The molecule has 0 radical (unpaired) electrons. The van der Waals surface area contributed by atoms with E-state index in [0.29, 0.717) is 45.2 Å². The first-order valence-corrected chi connectivity index (χ1v) is 12.1.